The molecule has 2 aliphatic rings. The van der Waals surface area contributed by atoms with Crippen molar-refractivity contribution in [3.05, 3.63) is 93.0 Å². The summed E-state index contributed by atoms with van der Waals surface area (Å²) >= 11 is 0. The number of methoxy groups -OCH3 is 4. The van der Waals surface area contributed by atoms with Crippen molar-refractivity contribution < 1.29 is 28.7 Å². The van der Waals surface area contributed by atoms with Gasteiger partial charge in [0, 0.05) is 23.6 Å². The van der Waals surface area contributed by atoms with E-state index in [2.05, 4.69) is 6.08 Å². The van der Waals surface area contributed by atoms with Gasteiger partial charge in [0.1, 0.15) is 0 Å². The first-order valence-electron chi connectivity index (χ1n) is 13.2. The van der Waals surface area contributed by atoms with Crippen molar-refractivity contribution in [3.8, 4) is 23.0 Å². The number of rotatable bonds is 8. The Morgan fingerprint density at radius 3 is 2.17 bits per heavy atom. The highest BCUT2D eigenvalue weighted by atomic mass is 16.6. The Morgan fingerprint density at radius 1 is 0.902 bits per heavy atom. The maximum absolute atomic E-state index is 13.9. The molecule has 2 unspecified atom stereocenters. The van der Waals surface area contributed by atoms with Crippen LogP contribution < -0.4 is 18.9 Å². The van der Waals surface area contributed by atoms with Crippen LogP contribution in [0.5, 0.6) is 23.0 Å². The molecule has 1 aliphatic heterocycles. The van der Waals surface area contributed by atoms with Crippen LogP contribution in [0.2, 0.25) is 0 Å². The molecule has 2 atom stereocenters. The zero-order chi connectivity index (χ0) is 29.1. The quantitative estimate of drug-likeness (QED) is 0.244. The number of nitrogens with zero attached hydrogens (tertiary/aromatic N) is 3. The molecule has 5 rings (SSSR count). The molecular weight excluding hydrogens is 526 g/mol. The third kappa shape index (κ3) is 5.32. The average molecular weight is 558 g/mol. The smallest absolute Gasteiger partial charge is 0.274 e. The first kappa shape index (κ1) is 27.7. The van der Waals surface area contributed by atoms with E-state index >= 15 is 0 Å². The third-order valence-electron chi connectivity index (χ3n) is 7.53. The van der Waals surface area contributed by atoms with Crippen molar-refractivity contribution in [2.45, 2.75) is 25.3 Å². The second-order valence-corrected chi connectivity index (χ2v) is 9.78. The summed E-state index contributed by atoms with van der Waals surface area (Å²) in [5, 5.41) is 17.6. The van der Waals surface area contributed by atoms with Gasteiger partial charge in [-0.2, -0.15) is 5.10 Å². The lowest BCUT2D eigenvalue weighted by molar-refractivity contribution is -0.384. The van der Waals surface area contributed by atoms with Gasteiger partial charge in [0.2, 0.25) is 0 Å². The number of ether oxygens (including phenoxy) is 4. The van der Waals surface area contributed by atoms with Crippen LogP contribution in [0.1, 0.15) is 46.8 Å². The van der Waals surface area contributed by atoms with Gasteiger partial charge in [-0.1, -0.05) is 12.1 Å². The number of allylic oxidation sites excluding steroid dienone is 1. The minimum absolute atomic E-state index is 0.0600. The number of nitro benzene ring substituents is 1. The molecule has 3 aromatic carbocycles. The monoisotopic (exact) mass is 557 g/mol. The molecule has 10 heteroatoms. The molecule has 1 heterocycles. The van der Waals surface area contributed by atoms with Gasteiger partial charge >= 0.3 is 0 Å². The number of carbonyl (C=O) groups is 1. The van der Waals surface area contributed by atoms with Gasteiger partial charge in [-0.3, -0.25) is 14.9 Å². The van der Waals surface area contributed by atoms with E-state index in [0.29, 0.717) is 28.6 Å². The van der Waals surface area contributed by atoms with Crippen molar-refractivity contribution in [1.82, 2.24) is 5.01 Å². The Morgan fingerprint density at radius 2 is 1.54 bits per heavy atom. The van der Waals surface area contributed by atoms with Crippen LogP contribution in [0.25, 0.3) is 6.08 Å². The Labute approximate surface area is 237 Å². The molecule has 3 aromatic rings. The second-order valence-electron chi connectivity index (χ2n) is 9.78. The topological polar surface area (TPSA) is 113 Å². The Kier molecular flexibility index (Phi) is 7.91. The summed E-state index contributed by atoms with van der Waals surface area (Å²) in [7, 11) is 6.34. The summed E-state index contributed by atoms with van der Waals surface area (Å²) in [6.07, 6.45) is 4.65. The van der Waals surface area contributed by atoms with Crippen LogP contribution in [0.4, 0.5) is 5.69 Å². The molecule has 212 valence electrons. The van der Waals surface area contributed by atoms with Gasteiger partial charge in [0.05, 0.1) is 45.1 Å². The standard InChI is InChI=1S/C31H31N3O7/c1-38-25-14-8-19(17-27(25)40-3)16-21-6-5-7-24-29(21)32-33(31(35)20-9-12-23(13-10-20)34(36)37)30(24)22-11-15-26(39-2)28(18-22)41-4/h8-18,24,30H,5-7H2,1-4H3. The highest BCUT2D eigenvalue weighted by molar-refractivity contribution is 6.09. The molecular formula is C31H31N3O7. The molecule has 1 fully saturated rings. The number of amides is 1. The zero-order valence-electron chi connectivity index (χ0n) is 23.3. The first-order chi connectivity index (χ1) is 19.9. The van der Waals surface area contributed by atoms with Crippen LogP contribution in [0, 0.1) is 16.0 Å². The zero-order valence-corrected chi connectivity index (χ0v) is 23.3. The molecule has 0 radical (unpaired) electrons. The van der Waals surface area contributed by atoms with E-state index in [1.807, 2.05) is 36.4 Å². The van der Waals surface area contributed by atoms with E-state index in [1.54, 1.807) is 28.4 Å². The lowest BCUT2D eigenvalue weighted by Crippen LogP contribution is -2.32. The van der Waals surface area contributed by atoms with Crippen LogP contribution in [0.3, 0.4) is 0 Å². The maximum atomic E-state index is 13.9. The summed E-state index contributed by atoms with van der Waals surface area (Å²) in [6, 6.07) is 16.6. The van der Waals surface area contributed by atoms with Crippen LogP contribution >= 0.6 is 0 Å². The number of benzene rings is 3. The predicted molar refractivity (Wildman–Crippen MR) is 154 cm³/mol. The summed E-state index contributed by atoms with van der Waals surface area (Å²) in [5.41, 5.74) is 3.91. The largest absolute Gasteiger partial charge is 0.493 e. The summed E-state index contributed by atoms with van der Waals surface area (Å²) in [5.74, 6) is 2.00. The molecule has 10 nitrogen and oxygen atoms in total. The highest BCUT2D eigenvalue weighted by Gasteiger charge is 2.44. The molecule has 1 aliphatic carbocycles. The lowest BCUT2D eigenvalue weighted by Gasteiger charge is -2.30. The van der Waals surface area contributed by atoms with Crippen molar-refractivity contribution >= 4 is 23.4 Å². The number of carbonyl (C=O) groups excluding carboxylic acids is 1. The number of hydrogen-bond donors (Lipinski definition) is 0. The van der Waals surface area contributed by atoms with Crippen LogP contribution in [-0.2, 0) is 0 Å². The van der Waals surface area contributed by atoms with Gasteiger partial charge < -0.3 is 18.9 Å². The molecule has 0 aromatic heterocycles. The predicted octanol–water partition coefficient (Wildman–Crippen LogP) is 6.07. The Hall–Kier alpha value is -4.86. The van der Waals surface area contributed by atoms with E-state index in [9.17, 15) is 14.9 Å². The minimum Gasteiger partial charge on any atom is -0.493 e. The SMILES string of the molecule is COc1ccc(C=C2CCCC3C2=NN(C(=O)c2ccc([N+](=O)[O-])cc2)C3c2ccc(OC)c(OC)c2)cc1OC. The molecule has 1 amide bonds. The first-order valence-corrected chi connectivity index (χ1v) is 13.2. The van der Waals surface area contributed by atoms with Gasteiger partial charge in [0.15, 0.2) is 23.0 Å². The number of non-ortho nitro benzene ring substituents is 1. The number of hydrogen-bond acceptors (Lipinski definition) is 8. The molecule has 1 saturated carbocycles. The average Bonchev–Trinajstić information content (AvgIpc) is 3.40. The fourth-order valence-corrected chi connectivity index (χ4v) is 5.54. The molecule has 0 saturated heterocycles. The highest BCUT2D eigenvalue weighted by Crippen LogP contribution is 2.46. The molecule has 0 bridgehead atoms. The Balaban J connectivity index is 1.58. The van der Waals surface area contributed by atoms with Gasteiger partial charge in [-0.15, -0.1) is 0 Å². The fourth-order valence-electron chi connectivity index (χ4n) is 5.54. The lowest BCUT2D eigenvalue weighted by atomic mass is 9.77. The maximum Gasteiger partial charge on any atom is 0.274 e. The van der Waals surface area contributed by atoms with Crippen molar-refractivity contribution in [1.29, 1.82) is 0 Å². The van der Waals surface area contributed by atoms with Gasteiger partial charge in [-0.05, 0) is 78.4 Å². The van der Waals surface area contributed by atoms with E-state index in [-0.39, 0.29) is 17.5 Å². The van der Waals surface area contributed by atoms with Crippen LogP contribution in [0.15, 0.2) is 71.3 Å². The third-order valence-corrected chi connectivity index (χ3v) is 7.53. The summed E-state index contributed by atoms with van der Waals surface area (Å²) in [4.78, 5) is 24.6. The van der Waals surface area contributed by atoms with Crippen molar-refractivity contribution in [2.24, 2.45) is 11.0 Å². The molecule has 0 N–H and O–H groups in total. The molecule has 41 heavy (non-hydrogen) atoms. The second kappa shape index (κ2) is 11.7. The van der Waals surface area contributed by atoms with Crippen molar-refractivity contribution in [3.63, 3.8) is 0 Å². The van der Waals surface area contributed by atoms with Crippen LogP contribution in [-0.4, -0.2) is 50.0 Å². The van der Waals surface area contributed by atoms with E-state index in [4.69, 9.17) is 24.0 Å². The van der Waals surface area contributed by atoms with E-state index in [0.717, 1.165) is 41.7 Å². The summed E-state index contributed by atoms with van der Waals surface area (Å²) in [6.45, 7) is 0. The number of fused-ring (bicyclic) bond motifs is 1. The Bertz CT molecular complexity index is 1530. The normalized spacial score (nSPS) is 18.9. The van der Waals surface area contributed by atoms with Crippen molar-refractivity contribution in [2.75, 3.05) is 28.4 Å². The molecule has 0 spiro atoms. The van der Waals surface area contributed by atoms with E-state index < -0.39 is 11.0 Å². The summed E-state index contributed by atoms with van der Waals surface area (Å²) < 4.78 is 21.9. The fraction of sp³-hybridized carbons (Fsp3) is 0.290. The van der Waals surface area contributed by atoms with E-state index in [1.165, 1.54) is 29.3 Å². The number of hydrazone groups is 1. The number of nitro groups is 1. The minimum atomic E-state index is -0.490. The van der Waals surface area contributed by atoms with Gasteiger partial charge in [0.25, 0.3) is 11.6 Å². The van der Waals surface area contributed by atoms with Gasteiger partial charge in [-0.25, -0.2) is 5.01 Å².